The van der Waals surface area contributed by atoms with Crippen LogP contribution < -0.4 is 0 Å². The van der Waals surface area contributed by atoms with Gasteiger partial charge >= 0.3 is 11.9 Å². The van der Waals surface area contributed by atoms with Gasteiger partial charge in [-0.1, -0.05) is 106 Å². The molecule has 5 heterocycles. The first-order valence-electron chi connectivity index (χ1n) is 21.4. The summed E-state index contributed by atoms with van der Waals surface area (Å²) >= 11 is 0. The van der Waals surface area contributed by atoms with E-state index in [2.05, 4.69) is 13.0 Å². The van der Waals surface area contributed by atoms with Crippen molar-refractivity contribution in [3.05, 3.63) is 96.7 Å². The van der Waals surface area contributed by atoms with Crippen molar-refractivity contribution in [1.29, 1.82) is 0 Å². The number of carbonyl (C=O) groups excluding carboxylic acids is 1. The van der Waals surface area contributed by atoms with E-state index in [9.17, 15) is 35.1 Å². The van der Waals surface area contributed by atoms with E-state index in [1.807, 2.05) is 63.3 Å². The second-order valence-electron chi connectivity index (χ2n) is 16.6. The molecule has 12 heteroatoms. The Labute approximate surface area is 350 Å². The summed E-state index contributed by atoms with van der Waals surface area (Å²) in [6.45, 7) is 7.80. The molecule has 0 aromatic carbocycles. The third-order valence-corrected chi connectivity index (χ3v) is 11.7. The number of allylic oxidation sites excluding steroid dienone is 7. The number of aliphatic hydroxyl groups excluding tert-OH is 5. The summed E-state index contributed by atoms with van der Waals surface area (Å²) in [7, 11) is 0. The van der Waals surface area contributed by atoms with Crippen molar-refractivity contribution < 1.29 is 59.2 Å². The molecule has 0 saturated carbocycles. The minimum absolute atomic E-state index is 0.140. The zero-order valence-corrected chi connectivity index (χ0v) is 35.0. The monoisotopic (exact) mass is 824 g/mol. The van der Waals surface area contributed by atoms with Crippen LogP contribution in [0.25, 0.3) is 0 Å². The largest absolute Gasteiger partial charge is 0.481 e. The molecule has 5 aliphatic rings. The third kappa shape index (κ3) is 15.8. The quantitative estimate of drug-likeness (QED) is 0.104. The van der Waals surface area contributed by atoms with Gasteiger partial charge in [0.2, 0.25) is 0 Å². The van der Waals surface area contributed by atoms with E-state index in [0.717, 1.165) is 18.4 Å². The molecule has 2 fully saturated rings. The Kier molecular flexibility index (Phi) is 20.2. The lowest BCUT2D eigenvalue weighted by Crippen LogP contribution is -2.50. The summed E-state index contributed by atoms with van der Waals surface area (Å²) in [5.41, 5.74) is 0.913. The fourth-order valence-corrected chi connectivity index (χ4v) is 7.90. The van der Waals surface area contributed by atoms with Gasteiger partial charge in [-0.2, -0.15) is 0 Å². The molecular weight excluding hydrogens is 757 g/mol. The van der Waals surface area contributed by atoms with E-state index >= 15 is 0 Å². The van der Waals surface area contributed by atoms with Crippen LogP contribution in [0.2, 0.25) is 0 Å². The molecule has 0 amide bonds. The number of ether oxygens (including phenoxy) is 4. The van der Waals surface area contributed by atoms with Crippen molar-refractivity contribution in [2.75, 3.05) is 0 Å². The topological polar surface area (TPSA) is 192 Å². The number of unbranched alkanes of at least 4 members (excludes halogenated alkanes) is 1. The standard InChI is InChI=1S/C47H68O12/c1-30(17-14-15-23-44(52)53)27-31(2)47-41-26-25-34(56-47)18-10-6-5-7-12-20-36(49)46(55)43-29-38(51)33(4)40(58-43)22-16-21-39-32(3)37(50)28-42(57-39)35(48)19-11-8-9-13-24-45(54)59-41/h6,8-13,16,19-21,24-27,30,32-43,46-51,55H,5,7,14-15,17-18,22-23,28-29H2,1-4H3,(H,52,53)/b9-8-,10-6+,19-11+,20-12+,21-16+,24-13-,31-27+/t30-,32?,33-,34+,35?,36+,37?,38+,39+,40-,41?,42?,43-,46+,47-/m1/s1. The first kappa shape index (κ1) is 48.2. The molecule has 12 nitrogen and oxygen atoms in total. The van der Waals surface area contributed by atoms with Gasteiger partial charge in [0.1, 0.15) is 18.3 Å². The zero-order chi connectivity index (χ0) is 42.9. The lowest BCUT2D eigenvalue weighted by Gasteiger charge is -2.40. The van der Waals surface area contributed by atoms with Crippen LogP contribution in [0.4, 0.5) is 0 Å². The summed E-state index contributed by atoms with van der Waals surface area (Å²) in [6.07, 6.45) is 22.8. The lowest BCUT2D eigenvalue weighted by atomic mass is 9.85. The maximum absolute atomic E-state index is 12.9. The van der Waals surface area contributed by atoms with E-state index < -0.39 is 79.1 Å². The Hall–Kier alpha value is -3.46. The van der Waals surface area contributed by atoms with E-state index in [4.69, 9.17) is 24.1 Å². The van der Waals surface area contributed by atoms with Crippen LogP contribution >= 0.6 is 0 Å². The normalized spacial score (nSPS) is 40.7. The van der Waals surface area contributed by atoms with Crippen molar-refractivity contribution >= 4 is 11.9 Å². The van der Waals surface area contributed by atoms with Gasteiger partial charge in [-0.15, -0.1) is 0 Å². The van der Waals surface area contributed by atoms with E-state index in [1.165, 1.54) is 6.08 Å². The summed E-state index contributed by atoms with van der Waals surface area (Å²) in [5, 5.41) is 63.4. The van der Waals surface area contributed by atoms with Gasteiger partial charge in [-0.25, -0.2) is 4.79 Å². The Balaban J connectivity index is 1.50. The zero-order valence-electron chi connectivity index (χ0n) is 35.0. The van der Waals surface area contributed by atoms with Gasteiger partial charge in [-0.05, 0) is 63.0 Å². The molecular formula is C47H68O12. The van der Waals surface area contributed by atoms with E-state index in [-0.39, 0.29) is 43.1 Å². The fourth-order valence-electron chi connectivity index (χ4n) is 7.90. The molecule has 0 aromatic heterocycles. The Bertz CT molecular complexity index is 1560. The smallest absolute Gasteiger partial charge is 0.331 e. The van der Waals surface area contributed by atoms with Crippen molar-refractivity contribution in [3.63, 3.8) is 0 Å². The number of rotatable bonds is 7. The summed E-state index contributed by atoms with van der Waals surface area (Å²) in [4.78, 5) is 23.9. The predicted molar refractivity (Wildman–Crippen MR) is 225 cm³/mol. The minimum atomic E-state index is -1.23. The van der Waals surface area contributed by atoms with Crippen LogP contribution in [0, 0.1) is 17.8 Å². The van der Waals surface area contributed by atoms with Gasteiger partial charge in [0.05, 0.1) is 48.8 Å². The van der Waals surface area contributed by atoms with Crippen LogP contribution in [0.5, 0.6) is 0 Å². The number of carboxylic acid groups (broad SMARTS) is 1. The first-order valence-corrected chi connectivity index (χ1v) is 21.4. The van der Waals surface area contributed by atoms with Crippen LogP contribution in [0.15, 0.2) is 96.7 Å². The maximum atomic E-state index is 12.9. The SMILES string of the molecule is C/C(=C\[C@H](C)CCCCC(=O)O)[C@H]1O[C@@H]2C=CC1OC(=O)\C=C/C=C\C=C\C(O)C1CC(O)C(C)[C@H](/C=C/C[C@H]3O[C@H](C[C@H](O)[C@H]3C)[C@@H](O)[C@@H](O)/C=C/CC/C=C/C2)O1. The number of aliphatic carboxylic acids is 1. The number of esters is 1. The van der Waals surface area contributed by atoms with Gasteiger partial charge in [0.25, 0.3) is 0 Å². The highest BCUT2D eigenvalue weighted by Gasteiger charge is 2.40. The molecule has 5 rings (SSSR count). The molecule has 5 aliphatic heterocycles. The number of carbonyl (C=O) groups is 2. The Morgan fingerprint density at radius 3 is 2.25 bits per heavy atom. The second kappa shape index (κ2) is 24.7. The molecule has 0 radical (unpaired) electrons. The summed E-state index contributed by atoms with van der Waals surface area (Å²) in [6, 6.07) is 0. The molecule has 0 aliphatic carbocycles. The van der Waals surface area contributed by atoms with Crippen molar-refractivity contribution in [2.45, 2.75) is 165 Å². The average Bonchev–Trinajstić information content (AvgIpc) is 3.19. The van der Waals surface area contributed by atoms with Gasteiger partial charge in [-0.3, -0.25) is 4.79 Å². The molecule has 328 valence electrons. The van der Waals surface area contributed by atoms with Gasteiger partial charge < -0.3 is 49.6 Å². The lowest BCUT2D eigenvalue weighted by molar-refractivity contribution is -0.175. The van der Waals surface area contributed by atoms with E-state index in [0.29, 0.717) is 32.1 Å². The predicted octanol–water partition coefficient (Wildman–Crippen LogP) is 5.75. The first-order chi connectivity index (χ1) is 28.2. The van der Waals surface area contributed by atoms with Crippen molar-refractivity contribution in [1.82, 2.24) is 0 Å². The second-order valence-corrected chi connectivity index (χ2v) is 16.6. The highest BCUT2D eigenvalue weighted by Crippen LogP contribution is 2.32. The third-order valence-electron chi connectivity index (χ3n) is 11.7. The molecule has 2 saturated heterocycles. The molecule has 15 atom stereocenters. The molecule has 0 spiro atoms. The summed E-state index contributed by atoms with van der Waals surface area (Å²) in [5.74, 6) is -1.64. The van der Waals surface area contributed by atoms with Gasteiger partial charge in [0.15, 0.2) is 6.10 Å². The molecule has 59 heavy (non-hydrogen) atoms. The number of aliphatic hydroxyl groups is 5. The minimum Gasteiger partial charge on any atom is -0.481 e. The Morgan fingerprint density at radius 1 is 0.746 bits per heavy atom. The molecule has 6 bridgehead atoms. The summed E-state index contributed by atoms with van der Waals surface area (Å²) < 4.78 is 24.8. The van der Waals surface area contributed by atoms with Crippen LogP contribution in [-0.2, 0) is 28.5 Å². The Morgan fingerprint density at radius 2 is 1.47 bits per heavy atom. The number of fused-ring (bicyclic) bond motifs is 13. The molecule has 0 aromatic rings. The average molecular weight is 825 g/mol. The maximum Gasteiger partial charge on any atom is 0.331 e. The molecule has 6 N–H and O–H groups in total. The van der Waals surface area contributed by atoms with E-state index in [1.54, 1.807) is 36.5 Å². The van der Waals surface area contributed by atoms with Crippen molar-refractivity contribution in [2.24, 2.45) is 17.8 Å². The highest BCUT2D eigenvalue weighted by molar-refractivity contribution is 5.82. The van der Waals surface area contributed by atoms with Crippen LogP contribution in [0.3, 0.4) is 0 Å². The van der Waals surface area contributed by atoms with Crippen LogP contribution in [-0.4, -0.2) is 116 Å². The fraction of sp³-hybridized carbons (Fsp3) is 0.617. The van der Waals surface area contributed by atoms with Crippen LogP contribution in [0.1, 0.15) is 91.9 Å². The molecule has 5 unspecified atom stereocenters. The number of carboxylic acids is 1. The van der Waals surface area contributed by atoms with Crippen molar-refractivity contribution in [3.8, 4) is 0 Å². The number of hydrogen-bond acceptors (Lipinski definition) is 11. The highest BCUT2D eigenvalue weighted by atomic mass is 16.6. The van der Waals surface area contributed by atoms with Gasteiger partial charge in [0, 0.05) is 37.2 Å². The number of hydrogen-bond donors (Lipinski definition) is 6.